The van der Waals surface area contributed by atoms with Crippen molar-refractivity contribution in [1.29, 1.82) is 0 Å². The molecule has 126 valence electrons. The lowest BCUT2D eigenvalue weighted by Gasteiger charge is -2.26. The van der Waals surface area contributed by atoms with Crippen LogP contribution in [0.1, 0.15) is 21.6 Å². The highest BCUT2D eigenvalue weighted by Gasteiger charge is 2.27. The van der Waals surface area contributed by atoms with E-state index in [9.17, 15) is 9.18 Å². The molecule has 6 heteroatoms. The predicted molar refractivity (Wildman–Crippen MR) is 91.8 cm³/mol. The summed E-state index contributed by atoms with van der Waals surface area (Å²) >= 11 is 5.97. The second-order valence-corrected chi connectivity index (χ2v) is 6.37. The summed E-state index contributed by atoms with van der Waals surface area (Å²) in [6, 6.07) is 13.0. The first-order chi connectivity index (χ1) is 12.1. The number of hydrogen-bond donors (Lipinski definition) is 0. The van der Waals surface area contributed by atoms with Gasteiger partial charge >= 0.3 is 0 Å². The zero-order valence-corrected chi connectivity index (χ0v) is 14.0. The number of fused-ring (bicyclic) bond motifs is 1. The standard InChI is InChI=1S/C19H14ClFN2O2/c20-14-3-1-2-13(10-14)19(24)23-9-8-16-17(11-23)22-25-18(16)12-4-6-15(21)7-5-12/h1-7,10H,8-9,11H2. The fourth-order valence-corrected chi connectivity index (χ4v) is 3.23. The van der Waals surface area contributed by atoms with Crippen molar-refractivity contribution in [1.82, 2.24) is 10.1 Å². The Morgan fingerprint density at radius 3 is 2.76 bits per heavy atom. The second kappa shape index (κ2) is 6.33. The number of amides is 1. The van der Waals surface area contributed by atoms with Gasteiger partial charge in [-0.15, -0.1) is 0 Å². The number of hydrogen-bond acceptors (Lipinski definition) is 3. The molecule has 0 N–H and O–H groups in total. The van der Waals surface area contributed by atoms with Gasteiger partial charge in [0.05, 0.1) is 6.54 Å². The number of halogens is 2. The van der Waals surface area contributed by atoms with E-state index in [1.165, 1.54) is 12.1 Å². The lowest BCUT2D eigenvalue weighted by Crippen LogP contribution is -2.35. The molecule has 3 aromatic rings. The van der Waals surface area contributed by atoms with Crippen molar-refractivity contribution in [3.63, 3.8) is 0 Å². The van der Waals surface area contributed by atoms with Crippen molar-refractivity contribution in [2.24, 2.45) is 0 Å². The molecule has 0 fully saturated rings. The summed E-state index contributed by atoms with van der Waals surface area (Å²) in [4.78, 5) is 14.4. The van der Waals surface area contributed by atoms with Gasteiger partial charge in [0.1, 0.15) is 11.5 Å². The monoisotopic (exact) mass is 356 g/mol. The van der Waals surface area contributed by atoms with Crippen LogP contribution >= 0.6 is 11.6 Å². The van der Waals surface area contributed by atoms with Gasteiger partial charge in [0, 0.05) is 28.3 Å². The molecule has 0 aliphatic carbocycles. The van der Waals surface area contributed by atoms with Gasteiger partial charge in [-0.25, -0.2) is 4.39 Å². The maximum atomic E-state index is 13.1. The Hall–Kier alpha value is -2.66. The molecule has 0 saturated carbocycles. The van der Waals surface area contributed by atoms with Gasteiger partial charge in [-0.2, -0.15) is 0 Å². The Labute approximate surface area is 148 Å². The molecule has 0 saturated heterocycles. The molecule has 1 aliphatic rings. The van der Waals surface area contributed by atoms with Gasteiger partial charge in [0.2, 0.25) is 0 Å². The molecule has 2 heterocycles. The van der Waals surface area contributed by atoms with Crippen LogP contribution in [0.5, 0.6) is 0 Å². The first kappa shape index (κ1) is 15.8. The molecule has 0 spiro atoms. The summed E-state index contributed by atoms with van der Waals surface area (Å²) < 4.78 is 18.6. The maximum absolute atomic E-state index is 13.1. The molecule has 0 radical (unpaired) electrons. The average molecular weight is 357 g/mol. The van der Waals surface area contributed by atoms with E-state index in [0.29, 0.717) is 35.9 Å². The Morgan fingerprint density at radius 1 is 1.20 bits per heavy atom. The molecule has 2 aromatic carbocycles. The van der Waals surface area contributed by atoms with E-state index in [1.807, 2.05) is 0 Å². The number of carbonyl (C=O) groups is 1. The van der Waals surface area contributed by atoms with Crippen LogP contribution in [0, 0.1) is 5.82 Å². The van der Waals surface area contributed by atoms with Gasteiger partial charge < -0.3 is 9.42 Å². The van der Waals surface area contributed by atoms with Gasteiger partial charge in [0.25, 0.3) is 5.91 Å². The minimum Gasteiger partial charge on any atom is -0.356 e. The molecule has 1 aliphatic heterocycles. The van der Waals surface area contributed by atoms with Crippen LogP contribution in [0.15, 0.2) is 53.1 Å². The fraction of sp³-hybridized carbons (Fsp3) is 0.158. The molecule has 0 atom stereocenters. The average Bonchev–Trinajstić information content (AvgIpc) is 3.05. The van der Waals surface area contributed by atoms with Crippen LogP contribution in [-0.4, -0.2) is 22.5 Å². The van der Waals surface area contributed by atoms with E-state index in [0.717, 1.165) is 16.8 Å². The van der Waals surface area contributed by atoms with Crippen LogP contribution in [0.4, 0.5) is 4.39 Å². The Balaban J connectivity index is 1.58. The van der Waals surface area contributed by atoms with Gasteiger partial charge in [-0.05, 0) is 48.9 Å². The van der Waals surface area contributed by atoms with Crippen LogP contribution in [-0.2, 0) is 13.0 Å². The molecule has 4 rings (SSSR count). The minimum absolute atomic E-state index is 0.0838. The third-order valence-corrected chi connectivity index (χ3v) is 4.54. The Bertz CT molecular complexity index is 937. The van der Waals surface area contributed by atoms with Crippen molar-refractivity contribution in [3.8, 4) is 11.3 Å². The molecule has 1 aromatic heterocycles. The van der Waals surface area contributed by atoms with Gasteiger partial charge in [0.15, 0.2) is 5.76 Å². The zero-order chi connectivity index (χ0) is 17.4. The highest BCUT2D eigenvalue weighted by atomic mass is 35.5. The minimum atomic E-state index is -0.296. The van der Waals surface area contributed by atoms with E-state index < -0.39 is 0 Å². The van der Waals surface area contributed by atoms with Crippen molar-refractivity contribution >= 4 is 17.5 Å². The van der Waals surface area contributed by atoms with Crippen molar-refractivity contribution in [2.45, 2.75) is 13.0 Å². The van der Waals surface area contributed by atoms with E-state index in [2.05, 4.69) is 5.16 Å². The summed E-state index contributed by atoms with van der Waals surface area (Å²) in [5.41, 5.74) is 3.05. The molecular formula is C19H14ClFN2O2. The van der Waals surface area contributed by atoms with Gasteiger partial charge in [-0.3, -0.25) is 4.79 Å². The molecule has 0 unspecified atom stereocenters. The van der Waals surface area contributed by atoms with E-state index in [1.54, 1.807) is 41.3 Å². The number of rotatable bonds is 2. The summed E-state index contributed by atoms with van der Waals surface area (Å²) in [6.07, 6.45) is 0.637. The highest BCUT2D eigenvalue weighted by molar-refractivity contribution is 6.30. The number of benzene rings is 2. The second-order valence-electron chi connectivity index (χ2n) is 5.93. The number of carbonyl (C=O) groups excluding carboxylic acids is 1. The van der Waals surface area contributed by atoms with Crippen LogP contribution in [0.3, 0.4) is 0 Å². The summed E-state index contributed by atoms with van der Waals surface area (Å²) in [5.74, 6) is 0.264. The maximum Gasteiger partial charge on any atom is 0.254 e. The lowest BCUT2D eigenvalue weighted by atomic mass is 10.00. The topological polar surface area (TPSA) is 46.3 Å². The van der Waals surface area contributed by atoms with Crippen molar-refractivity contribution in [2.75, 3.05) is 6.54 Å². The van der Waals surface area contributed by atoms with Crippen molar-refractivity contribution in [3.05, 3.63) is 76.2 Å². The summed E-state index contributed by atoms with van der Waals surface area (Å²) in [7, 11) is 0. The Morgan fingerprint density at radius 2 is 2.00 bits per heavy atom. The molecular weight excluding hydrogens is 343 g/mol. The summed E-state index contributed by atoms with van der Waals surface area (Å²) in [6.45, 7) is 0.944. The first-order valence-electron chi connectivity index (χ1n) is 7.90. The third kappa shape index (κ3) is 3.03. The zero-order valence-electron chi connectivity index (χ0n) is 13.2. The van der Waals surface area contributed by atoms with E-state index in [4.69, 9.17) is 16.1 Å². The Kier molecular flexibility index (Phi) is 4.01. The number of aromatic nitrogens is 1. The molecule has 4 nitrogen and oxygen atoms in total. The largest absolute Gasteiger partial charge is 0.356 e. The fourth-order valence-electron chi connectivity index (χ4n) is 3.04. The molecule has 0 bridgehead atoms. The van der Waals surface area contributed by atoms with Gasteiger partial charge in [-0.1, -0.05) is 22.8 Å². The van der Waals surface area contributed by atoms with Crippen LogP contribution in [0.2, 0.25) is 5.02 Å². The SMILES string of the molecule is O=C(c1cccc(Cl)c1)N1CCc2c(noc2-c2ccc(F)cc2)C1. The lowest BCUT2D eigenvalue weighted by molar-refractivity contribution is 0.0731. The predicted octanol–water partition coefficient (Wildman–Crippen LogP) is 4.33. The molecule has 25 heavy (non-hydrogen) atoms. The molecule has 1 amide bonds. The summed E-state index contributed by atoms with van der Waals surface area (Å²) in [5, 5.41) is 4.64. The van der Waals surface area contributed by atoms with Crippen molar-refractivity contribution < 1.29 is 13.7 Å². The smallest absolute Gasteiger partial charge is 0.254 e. The van der Waals surface area contributed by atoms with E-state index in [-0.39, 0.29) is 11.7 Å². The third-order valence-electron chi connectivity index (χ3n) is 4.31. The van der Waals surface area contributed by atoms with Crippen LogP contribution < -0.4 is 0 Å². The highest BCUT2D eigenvalue weighted by Crippen LogP contribution is 2.31. The first-order valence-corrected chi connectivity index (χ1v) is 8.28. The normalized spacial score (nSPS) is 13.6. The van der Waals surface area contributed by atoms with E-state index >= 15 is 0 Å². The quantitative estimate of drug-likeness (QED) is 0.686. The number of nitrogens with zero attached hydrogens (tertiary/aromatic N) is 2. The van der Waals surface area contributed by atoms with Crippen LogP contribution in [0.25, 0.3) is 11.3 Å².